The summed E-state index contributed by atoms with van der Waals surface area (Å²) >= 11 is 5.89. The second-order valence-electron chi connectivity index (χ2n) is 5.80. The average Bonchev–Trinajstić information content (AvgIpc) is 3.29. The molecule has 0 heterocycles. The zero-order chi connectivity index (χ0) is 13.5. The van der Waals surface area contributed by atoms with E-state index in [4.69, 9.17) is 17.3 Å². The highest BCUT2D eigenvalue weighted by atomic mass is 35.5. The van der Waals surface area contributed by atoms with Crippen LogP contribution in [-0.2, 0) is 10.2 Å². The van der Waals surface area contributed by atoms with Crippen LogP contribution in [0.3, 0.4) is 0 Å². The fourth-order valence-electron chi connectivity index (χ4n) is 2.61. The number of benzene rings is 1. The van der Waals surface area contributed by atoms with Crippen molar-refractivity contribution in [3.8, 4) is 0 Å². The number of hydrogen-bond donors (Lipinski definition) is 2. The summed E-state index contributed by atoms with van der Waals surface area (Å²) < 4.78 is 0. The first kappa shape index (κ1) is 15.6. The smallest absolute Gasteiger partial charge is 0.230 e. The number of rotatable bonds is 5. The van der Waals surface area contributed by atoms with E-state index in [1.54, 1.807) is 0 Å². The predicted molar refractivity (Wildman–Crippen MR) is 83.3 cm³/mol. The van der Waals surface area contributed by atoms with Crippen molar-refractivity contribution in [2.24, 2.45) is 11.7 Å². The standard InChI is InChI=1S/C15H19ClN2O.ClH/c16-12-5-3-11(4-6-12)15(7-8-15)14(19)18-9-13(17)10-1-2-10;/h3-6,10,13H,1-2,7-9,17H2,(H,18,19);1H. The Balaban J connectivity index is 0.00000147. The van der Waals surface area contributed by atoms with Crippen LogP contribution >= 0.6 is 24.0 Å². The minimum Gasteiger partial charge on any atom is -0.354 e. The van der Waals surface area contributed by atoms with Gasteiger partial charge in [0.1, 0.15) is 0 Å². The topological polar surface area (TPSA) is 55.1 Å². The van der Waals surface area contributed by atoms with E-state index >= 15 is 0 Å². The predicted octanol–water partition coefficient (Wildman–Crippen LogP) is 2.65. The molecule has 3 rings (SSSR count). The van der Waals surface area contributed by atoms with E-state index in [0.717, 1.165) is 18.4 Å². The maximum absolute atomic E-state index is 12.4. The van der Waals surface area contributed by atoms with Crippen molar-refractivity contribution in [2.45, 2.75) is 37.1 Å². The van der Waals surface area contributed by atoms with Gasteiger partial charge in [0.05, 0.1) is 5.41 Å². The Bertz CT molecular complexity index is 481. The maximum Gasteiger partial charge on any atom is 0.230 e. The summed E-state index contributed by atoms with van der Waals surface area (Å²) in [6.45, 7) is 0.596. The quantitative estimate of drug-likeness (QED) is 0.878. The van der Waals surface area contributed by atoms with Crippen molar-refractivity contribution in [1.82, 2.24) is 5.32 Å². The zero-order valence-corrected chi connectivity index (χ0v) is 12.8. The molecule has 1 unspecified atom stereocenters. The summed E-state index contributed by atoms with van der Waals surface area (Å²) in [5.41, 5.74) is 6.76. The highest BCUT2D eigenvalue weighted by Crippen LogP contribution is 2.48. The molecule has 0 aromatic heterocycles. The normalized spacial score (nSPS) is 20.7. The molecule has 5 heteroatoms. The van der Waals surface area contributed by atoms with Crippen molar-refractivity contribution in [3.63, 3.8) is 0 Å². The number of hydrogen-bond acceptors (Lipinski definition) is 2. The lowest BCUT2D eigenvalue weighted by atomic mass is 9.95. The van der Waals surface area contributed by atoms with Crippen molar-refractivity contribution in [3.05, 3.63) is 34.9 Å². The molecule has 0 aliphatic heterocycles. The Morgan fingerprint density at radius 1 is 1.35 bits per heavy atom. The number of carbonyl (C=O) groups is 1. The van der Waals surface area contributed by atoms with E-state index < -0.39 is 0 Å². The van der Waals surface area contributed by atoms with Gasteiger partial charge in [-0.05, 0) is 49.3 Å². The molecule has 2 aliphatic carbocycles. The van der Waals surface area contributed by atoms with Crippen LogP contribution in [0.5, 0.6) is 0 Å². The maximum atomic E-state index is 12.4. The lowest BCUT2D eigenvalue weighted by molar-refractivity contribution is -0.123. The number of nitrogens with one attached hydrogen (secondary N) is 1. The molecule has 0 spiro atoms. The number of nitrogens with two attached hydrogens (primary N) is 1. The number of halogens is 2. The van der Waals surface area contributed by atoms with Gasteiger partial charge in [0, 0.05) is 17.6 Å². The Morgan fingerprint density at radius 3 is 2.45 bits per heavy atom. The van der Waals surface area contributed by atoms with Gasteiger partial charge in [-0.3, -0.25) is 4.79 Å². The molecule has 0 saturated heterocycles. The molecule has 1 aromatic carbocycles. The van der Waals surface area contributed by atoms with Gasteiger partial charge in [-0.25, -0.2) is 0 Å². The van der Waals surface area contributed by atoms with Crippen LogP contribution in [0.15, 0.2) is 24.3 Å². The third kappa shape index (κ3) is 3.11. The van der Waals surface area contributed by atoms with E-state index in [0.29, 0.717) is 17.5 Å². The first-order chi connectivity index (χ1) is 9.12. The Morgan fingerprint density at radius 2 is 1.95 bits per heavy atom. The van der Waals surface area contributed by atoms with Gasteiger partial charge >= 0.3 is 0 Å². The molecule has 0 bridgehead atoms. The van der Waals surface area contributed by atoms with Gasteiger partial charge in [0.2, 0.25) is 5.91 Å². The molecule has 3 nitrogen and oxygen atoms in total. The molecular weight excluding hydrogens is 295 g/mol. The fraction of sp³-hybridized carbons (Fsp3) is 0.533. The second-order valence-corrected chi connectivity index (χ2v) is 6.24. The molecule has 110 valence electrons. The minimum absolute atomic E-state index is 0. The first-order valence-electron chi connectivity index (χ1n) is 6.92. The van der Waals surface area contributed by atoms with E-state index in [1.165, 1.54) is 12.8 Å². The summed E-state index contributed by atoms with van der Waals surface area (Å²) in [7, 11) is 0. The van der Waals surface area contributed by atoms with E-state index in [9.17, 15) is 4.79 Å². The Kier molecular flexibility index (Phi) is 4.62. The summed E-state index contributed by atoms with van der Waals surface area (Å²) in [5.74, 6) is 0.733. The van der Waals surface area contributed by atoms with Gasteiger partial charge < -0.3 is 11.1 Å². The van der Waals surface area contributed by atoms with Crippen molar-refractivity contribution in [1.29, 1.82) is 0 Å². The molecule has 20 heavy (non-hydrogen) atoms. The Hall–Kier alpha value is -0.770. The third-order valence-corrected chi connectivity index (χ3v) is 4.56. The largest absolute Gasteiger partial charge is 0.354 e. The van der Waals surface area contributed by atoms with E-state index in [-0.39, 0.29) is 29.8 Å². The summed E-state index contributed by atoms with van der Waals surface area (Å²) in [4.78, 5) is 12.4. The van der Waals surface area contributed by atoms with Crippen molar-refractivity contribution >= 4 is 29.9 Å². The lowest BCUT2D eigenvalue weighted by Crippen LogP contribution is -2.43. The van der Waals surface area contributed by atoms with Crippen LogP contribution in [0.25, 0.3) is 0 Å². The van der Waals surface area contributed by atoms with E-state index in [1.807, 2.05) is 24.3 Å². The van der Waals surface area contributed by atoms with Crippen LogP contribution in [0.1, 0.15) is 31.2 Å². The zero-order valence-electron chi connectivity index (χ0n) is 11.3. The molecule has 2 fully saturated rings. The summed E-state index contributed by atoms with van der Waals surface area (Å²) in [5, 5.41) is 3.73. The molecule has 3 N–H and O–H groups in total. The SMILES string of the molecule is Cl.NC(CNC(=O)C1(c2ccc(Cl)cc2)CC1)C1CC1. The average molecular weight is 315 g/mol. The lowest BCUT2D eigenvalue weighted by Gasteiger charge is -2.18. The number of carbonyl (C=O) groups excluding carboxylic acids is 1. The van der Waals surface area contributed by atoms with Gasteiger partial charge in [-0.1, -0.05) is 23.7 Å². The highest BCUT2D eigenvalue weighted by Gasteiger charge is 2.51. The number of amides is 1. The first-order valence-corrected chi connectivity index (χ1v) is 7.29. The fourth-order valence-corrected chi connectivity index (χ4v) is 2.74. The molecule has 1 atom stereocenters. The molecule has 2 aliphatic rings. The summed E-state index contributed by atoms with van der Waals surface area (Å²) in [6, 6.07) is 7.72. The molecular formula is C15H20Cl2N2O. The Labute approximate surface area is 130 Å². The molecule has 2 saturated carbocycles. The minimum atomic E-state index is -0.326. The van der Waals surface area contributed by atoms with Gasteiger partial charge in [-0.15, -0.1) is 12.4 Å². The molecule has 1 amide bonds. The van der Waals surface area contributed by atoms with E-state index in [2.05, 4.69) is 5.32 Å². The van der Waals surface area contributed by atoms with Crippen LogP contribution in [-0.4, -0.2) is 18.5 Å². The van der Waals surface area contributed by atoms with Crippen LogP contribution in [0.4, 0.5) is 0 Å². The summed E-state index contributed by atoms with van der Waals surface area (Å²) in [6.07, 6.45) is 4.25. The molecule has 0 radical (unpaired) electrons. The van der Waals surface area contributed by atoms with Crippen LogP contribution in [0, 0.1) is 5.92 Å². The van der Waals surface area contributed by atoms with Gasteiger partial charge in [0.15, 0.2) is 0 Å². The van der Waals surface area contributed by atoms with Crippen LogP contribution < -0.4 is 11.1 Å². The highest BCUT2D eigenvalue weighted by molar-refractivity contribution is 6.30. The molecule has 1 aromatic rings. The second kappa shape index (κ2) is 5.92. The van der Waals surface area contributed by atoms with Crippen LogP contribution in [0.2, 0.25) is 5.02 Å². The van der Waals surface area contributed by atoms with Gasteiger partial charge in [0.25, 0.3) is 0 Å². The third-order valence-electron chi connectivity index (χ3n) is 4.31. The monoisotopic (exact) mass is 314 g/mol. The van der Waals surface area contributed by atoms with Crippen molar-refractivity contribution < 1.29 is 4.79 Å². The van der Waals surface area contributed by atoms with Gasteiger partial charge in [-0.2, -0.15) is 0 Å². The van der Waals surface area contributed by atoms with Crippen molar-refractivity contribution in [2.75, 3.05) is 6.54 Å².